The number of ether oxygens (including phenoxy) is 1. The quantitative estimate of drug-likeness (QED) is 0.917. The van der Waals surface area contributed by atoms with E-state index in [2.05, 4.69) is 22.2 Å². The number of piperidine rings is 2. The predicted molar refractivity (Wildman–Crippen MR) is 81.2 cm³/mol. The molecular formula is C16H25N3O. The van der Waals surface area contributed by atoms with Gasteiger partial charge in [0.1, 0.15) is 0 Å². The fourth-order valence-electron chi connectivity index (χ4n) is 3.70. The van der Waals surface area contributed by atoms with Crippen LogP contribution in [0.25, 0.3) is 0 Å². The summed E-state index contributed by atoms with van der Waals surface area (Å²) in [4.78, 5) is 7.04. The van der Waals surface area contributed by atoms with Crippen LogP contribution in [-0.4, -0.2) is 41.7 Å². The molecule has 0 radical (unpaired) electrons. The standard InChI is InChI=1S/C16H25N3O/c1-3-20-15-8-5-9-17-16(15)18-12-10-13-6-4-7-14(11-12)19(13)2/h5,8-9,12-14H,3-4,6-7,10-11H2,1-2H3,(H,17,18). The van der Waals surface area contributed by atoms with Crippen molar-refractivity contribution >= 4 is 5.82 Å². The molecule has 0 spiro atoms. The number of anilines is 1. The summed E-state index contributed by atoms with van der Waals surface area (Å²) in [5.41, 5.74) is 0. The Morgan fingerprint density at radius 2 is 2.10 bits per heavy atom. The van der Waals surface area contributed by atoms with E-state index < -0.39 is 0 Å². The van der Waals surface area contributed by atoms with Gasteiger partial charge in [-0.1, -0.05) is 6.42 Å². The molecular weight excluding hydrogens is 250 g/mol. The molecule has 2 saturated heterocycles. The van der Waals surface area contributed by atoms with Crippen LogP contribution in [0.1, 0.15) is 39.0 Å². The fraction of sp³-hybridized carbons (Fsp3) is 0.688. The van der Waals surface area contributed by atoms with Gasteiger partial charge in [-0.2, -0.15) is 0 Å². The molecule has 4 heteroatoms. The second-order valence-electron chi connectivity index (χ2n) is 6.00. The maximum atomic E-state index is 5.66. The molecule has 0 aliphatic carbocycles. The summed E-state index contributed by atoms with van der Waals surface area (Å²) in [7, 11) is 2.29. The molecule has 2 aliphatic heterocycles. The number of fused-ring (bicyclic) bond motifs is 2. The normalized spacial score (nSPS) is 30.0. The van der Waals surface area contributed by atoms with Gasteiger partial charge in [0.15, 0.2) is 11.6 Å². The van der Waals surface area contributed by atoms with Crippen LogP contribution in [-0.2, 0) is 0 Å². The molecule has 2 fully saturated rings. The summed E-state index contributed by atoms with van der Waals surface area (Å²) in [6.45, 7) is 2.69. The minimum absolute atomic E-state index is 0.524. The number of aromatic nitrogens is 1. The van der Waals surface area contributed by atoms with Gasteiger partial charge in [0.2, 0.25) is 0 Å². The maximum absolute atomic E-state index is 5.66. The summed E-state index contributed by atoms with van der Waals surface area (Å²) < 4.78 is 5.66. The second-order valence-corrected chi connectivity index (χ2v) is 6.00. The van der Waals surface area contributed by atoms with Crippen LogP contribution >= 0.6 is 0 Å². The highest BCUT2D eigenvalue weighted by atomic mass is 16.5. The topological polar surface area (TPSA) is 37.4 Å². The molecule has 4 nitrogen and oxygen atoms in total. The zero-order chi connectivity index (χ0) is 13.9. The predicted octanol–water partition coefficient (Wildman–Crippen LogP) is 2.91. The van der Waals surface area contributed by atoms with Crippen LogP contribution in [0.15, 0.2) is 18.3 Å². The first kappa shape index (κ1) is 13.7. The average Bonchev–Trinajstić information content (AvgIpc) is 2.42. The summed E-state index contributed by atoms with van der Waals surface area (Å²) in [5, 5.41) is 3.62. The highest BCUT2D eigenvalue weighted by Gasteiger charge is 2.36. The van der Waals surface area contributed by atoms with E-state index in [0.29, 0.717) is 12.6 Å². The molecule has 0 amide bonds. The van der Waals surface area contributed by atoms with Crippen molar-refractivity contribution in [2.24, 2.45) is 0 Å². The Morgan fingerprint density at radius 1 is 1.35 bits per heavy atom. The SMILES string of the molecule is CCOc1cccnc1NC1CC2CCCC(C1)N2C. The lowest BCUT2D eigenvalue weighted by atomic mass is 9.82. The zero-order valence-corrected chi connectivity index (χ0v) is 12.5. The van der Waals surface area contributed by atoms with E-state index in [4.69, 9.17) is 4.74 Å². The van der Waals surface area contributed by atoms with Crippen molar-refractivity contribution in [1.29, 1.82) is 0 Å². The summed E-state index contributed by atoms with van der Waals surface area (Å²) >= 11 is 0. The van der Waals surface area contributed by atoms with E-state index in [-0.39, 0.29) is 0 Å². The van der Waals surface area contributed by atoms with Gasteiger partial charge in [0.25, 0.3) is 0 Å². The van der Waals surface area contributed by atoms with Gasteiger partial charge < -0.3 is 15.0 Å². The molecule has 3 heterocycles. The third kappa shape index (κ3) is 2.75. The minimum atomic E-state index is 0.524. The van der Waals surface area contributed by atoms with Crippen LogP contribution in [0.2, 0.25) is 0 Å². The molecule has 1 aromatic rings. The molecule has 2 bridgehead atoms. The molecule has 2 unspecified atom stereocenters. The molecule has 1 N–H and O–H groups in total. The number of hydrogen-bond acceptors (Lipinski definition) is 4. The van der Waals surface area contributed by atoms with Gasteiger partial charge in [-0.25, -0.2) is 4.98 Å². The number of hydrogen-bond donors (Lipinski definition) is 1. The van der Waals surface area contributed by atoms with Crippen molar-refractivity contribution in [2.75, 3.05) is 19.0 Å². The molecule has 0 aromatic carbocycles. The highest BCUT2D eigenvalue weighted by Crippen LogP contribution is 2.34. The molecule has 110 valence electrons. The van der Waals surface area contributed by atoms with E-state index in [1.807, 2.05) is 25.3 Å². The van der Waals surface area contributed by atoms with Gasteiger partial charge in [-0.15, -0.1) is 0 Å². The Labute approximate surface area is 121 Å². The first-order valence-corrected chi connectivity index (χ1v) is 7.84. The summed E-state index contributed by atoms with van der Waals surface area (Å²) in [6, 6.07) is 5.92. The molecule has 2 atom stereocenters. The fourth-order valence-corrected chi connectivity index (χ4v) is 3.70. The zero-order valence-electron chi connectivity index (χ0n) is 12.5. The van der Waals surface area contributed by atoms with Crippen LogP contribution in [0.3, 0.4) is 0 Å². The van der Waals surface area contributed by atoms with Crippen molar-refractivity contribution in [2.45, 2.75) is 57.2 Å². The van der Waals surface area contributed by atoms with Crippen molar-refractivity contribution in [3.05, 3.63) is 18.3 Å². The van der Waals surface area contributed by atoms with Gasteiger partial charge in [-0.05, 0) is 51.8 Å². The van der Waals surface area contributed by atoms with Crippen molar-refractivity contribution in [3.8, 4) is 5.75 Å². The van der Waals surface area contributed by atoms with Crippen LogP contribution in [0.5, 0.6) is 5.75 Å². The van der Waals surface area contributed by atoms with E-state index in [1.54, 1.807) is 0 Å². The maximum Gasteiger partial charge on any atom is 0.168 e. The lowest BCUT2D eigenvalue weighted by molar-refractivity contribution is 0.0607. The van der Waals surface area contributed by atoms with Gasteiger partial charge in [-0.3, -0.25) is 0 Å². The minimum Gasteiger partial charge on any atom is -0.490 e. The molecule has 20 heavy (non-hydrogen) atoms. The van der Waals surface area contributed by atoms with Gasteiger partial charge >= 0.3 is 0 Å². The molecule has 3 rings (SSSR count). The molecule has 2 aliphatic rings. The monoisotopic (exact) mass is 275 g/mol. The van der Waals surface area contributed by atoms with Gasteiger partial charge in [0, 0.05) is 24.3 Å². The number of rotatable bonds is 4. The average molecular weight is 275 g/mol. The van der Waals surface area contributed by atoms with Crippen molar-refractivity contribution in [1.82, 2.24) is 9.88 Å². The first-order chi connectivity index (χ1) is 9.78. The van der Waals surface area contributed by atoms with E-state index in [0.717, 1.165) is 23.7 Å². The third-order valence-electron chi connectivity index (χ3n) is 4.75. The largest absolute Gasteiger partial charge is 0.490 e. The lowest BCUT2D eigenvalue weighted by Gasteiger charge is -2.47. The van der Waals surface area contributed by atoms with E-state index >= 15 is 0 Å². The Bertz CT molecular complexity index is 437. The summed E-state index contributed by atoms with van der Waals surface area (Å²) in [5.74, 6) is 1.78. The summed E-state index contributed by atoms with van der Waals surface area (Å²) in [6.07, 6.45) is 8.34. The van der Waals surface area contributed by atoms with Crippen LogP contribution in [0.4, 0.5) is 5.82 Å². The van der Waals surface area contributed by atoms with E-state index in [9.17, 15) is 0 Å². The smallest absolute Gasteiger partial charge is 0.168 e. The Balaban J connectivity index is 1.69. The van der Waals surface area contributed by atoms with Crippen molar-refractivity contribution < 1.29 is 4.74 Å². The van der Waals surface area contributed by atoms with E-state index in [1.165, 1.54) is 32.1 Å². The van der Waals surface area contributed by atoms with Crippen LogP contribution in [0, 0.1) is 0 Å². The van der Waals surface area contributed by atoms with Crippen LogP contribution < -0.4 is 10.1 Å². The Kier molecular flexibility index (Phi) is 4.10. The highest BCUT2D eigenvalue weighted by molar-refractivity contribution is 5.50. The van der Waals surface area contributed by atoms with Crippen molar-refractivity contribution in [3.63, 3.8) is 0 Å². The Morgan fingerprint density at radius 3 is 2.80 bits per heavy atom. The third-order valence-corrected chi connectivity index (χ3v) is 4.75. The Hall–Kier alpha value is -1.29. The van der Waals surface area contributed by atoms with Gasteiger partial charge in [0.05, 0.1) is 6.61 Å². The lowest BCUT2D eigenvalue weighted by Crippen LogP contribution is -2.52. The first-order valence-electron chi connectivity index (χ1n) is 7.84. The molecule has 1 aromatic heterocycles. The number of nitrogens with zero attached hydrogens (tertiary/aromatic N) is 2. The molecule has 0 saturated carbocycles. The number of nitrogens with one attached hydrogen (secondary N) is 1. The number of pyridine rings is 1. The second kappa shape index (κ2) is 6.00.